The summed E-state index contributed by atoms with van der Waals surface area (Å²) in [4.78, 5) is 21.8. The molecule has 0 aromatic heterocycles. The highest BCUT2D eigenvalue weighted by Crippen LogP contribution is 2.23. The van der Waals surface area contributed by atoms with Crippen molar-refractivity contribution in [3.63, 3.8) is 0 Å². The summed E-state index contributed by atoms with van der Waals surface area (Å²) in [5.74, 6) is -1.92. The largest absolute Gasteiger partial charge is 0.478 e. The Balaban J connectivity index is 1.71. The molecule has 4 N–H and O–H groups in total. The quantitative estimate of drug-likeness (QED) is 0.521. The Kier molecular flexibility index (Phi) is 4.85. The summed E-state index contributed by atoms with van der Waals surface area (Å²) >= 11 is 0. The van der Waals surface area contributed by atoms with Gasteiger partial charge in [0, 0.05) is 22.7 Å². The van der Waals surface area contributed by atoms with Crippen molar-refractivity contribution in [1.29, 1.82) is 0 Å². The lowest BCUT2D eigenvalue weighted by Gasteiger charge is -2.11. The van der Waals surface area contributed by atoms with Crippen LogP contribution in [0.4, 0.5) is 22.7 Å². The molecule has 6 heteroatoms. The number of hydrogen-bond acceptors (Lipinski definition) is 4. The van der Waals surface area contributed by atoms with E-state index in [9.17, 15) is 9.59 Å². The van der Waals surface area contributed by atoms with Crippen LogP contribution in [0, 0.1) is 0 Å². The number of carboxylic acids is 2. The zero-order valence-electron chi connectivity index (χ0n) is 13.6. The highest BCUT2D eigenvalue weighted by molar-refractivity contribution is 5.88. The van der Waals surface area contributed by atoms with Crippen molar-refractivity contribution in [1.82, 2.24) is 0 Å². The van der Waals surface area contributed by atoms with Crippen molar-refractivity contribution in [2.75, 3.05) is 10.6 Å². The lowest BCUT2D eigenvalue weighted by Crippen LogP contribution is -1.98. The number of anilines is 4. The third kappa shape index (κ3) is 4.18. The van der Waals surface area contributed by atoms with Gasteiger partial charge in [0.25, 0.3) is 0 Å². The molecule has 0 amide bonds. The number of hydrogen-bond donors (Lipinski definition) is 4. The van der Waals surface area contributed by atoms with Crippen molar-refractivity contribution in [3.8, 4) is 0 Å². The molecule has 3 aromatic carbocycles. The molecule has 3 aromatic rings. The van der Waals surface area contributed by atoms with Crippen LogP contribution in [-0.4, -0.2) is 22.2 Å². The summed E-state index contributed by atoms with van der Waals surface area (Å²) in [7, 11) is 0. The number of aromatic carboxylic acids is 2. The number of carbonyl (C=O) groups is 2. The van der Waals surface area contributed by atoms with Crippen LogP contribution >= 0.6 is 0 Å². The van der Waals surface area contributed by atoms with Crippen LogP contribution < -0.4 is 10.6 Å². The average molecular weight is 348 g/mol. The third-order valence-electron chi connectivity index (χ3n) is 3.70. The van der Waals surface area contributed by atoms with Gasteiger partial charge in [0.2, 0.25) is 0 Å². The van der Waals surface area contributed by atoms with Crippen LogP contribution in [0.15, 0.2) is 72.8 Å². The van der Waals surface area contributed by atoms with E-state index < -0.39 is 11.9 Å². The summed E-state index contributed by atoms with van der Waals surface area (Å²) in [6.45, 7) is 0. The molecule has 6 nitrogen and oxygen atoms in total. The Labute approximate surface area is 149 Å². The molecule has 0 unspecified atom stereocenters. The molecule has 0 radical (unpaired) electrons. The van der Waals surface area contributed by atoms with Gasteiger partial charge in [-0.25, -0.2) is 9.59 Å². The second kappa shape index (κ2) is 7.40. The molecule has 0 saturated heterocycles. The highest BCUT2D eigenvalue weighted by atomic mass is 16.4. The van der Waals surface area contributed by atoms with Crippen LogP contribution in [0.25, 0.3) is 0 Å². The summed E-state index contributed by atoms with van der Waals surface area (Å²) < 4.78 is 0. The Morgan fingerprint density at radius 2 is 0.962 bits per heavy atom. The minimum atomic E-state index is -0.961. The van der Waals surface area contributed by atoms with Gasteiger partial charge in [-0.1, -0.05) is 6.07 Å². The Morgan fingerprint density at radius 1 is 0.577 bits per heavy atom. The van der Waals surface area contributed by atoms with Gasteiger partial charge in [0.15, 0.2) is 0 Å². The normalized spacial score (nSPS) is 10.2. The first-order chi connectivity index (χ1) is 12.5. The molecule has 130 valence electrons. The predicted octanol–water partition coefficient (Wildman–Crippen LogP) is 4.57. The standard InChI is InChI=1S/C20H16N2O4/c23-19(24)13-4-8-15(9-5-13)21-17-2-1-3-18(12-17)22-16-10-6-14(7-11-16)20(25)26/h1-12,21-22H,(H,23,24)(H,25,26). The van der Waals surface area contributed by atoms with Crippen LogP contribution in [0.2, 0.25) is 0 Å². The van der Waals surface area contributed by atoms with E-state index in [1.807, 2.05) is 24.3 Å². The lowest BCUT2D eigenvalue weighted by molar-refractivity contribution is 0.0686. The minimum Gasteiger partial charge on any atom is -0.478 e. The van der Waals surface area contributed by atoms with E-state index in [-0.39, 0.29) is 11.1 Å². The summed E-state index contributed by atoms with van der Waals surface area (Å²) in [5.41, 5.74) is 3.68. The van der Waals surface area contributed by atoms with E-state index in [4.69, 9.17) is 10.2 Å². The fourth-order valence-electron chi connectivity index (χ4n) is 2.40. The van der Waals surface area contributed by atoms with Gasteiger partial charge in [0.1, 0.15) is 0 Å². The second-order valence-electron chi connectivity index (χ2n) is 5.60. The third-order valence-corrected chi connectivity index (χ3v) is 3.70. The number of benzene rings is 3. The zero-order valence-corrected chi connectivity index (χ0v) is 13.6. The van der Waals surface area contributed by atoms with Gasteiger partial charge < -0.3 is 20.8 Å². The summed E-state index contributed by atoms with van der Waals surface area (Å²) in [5, 5.41) is 24.3. The van der Waals surface area contributed by atoms with Crippen molar-refractivity contribution in [3.05, 3.63) is 83.9 Å². The second-order valence-corrected chi connectivity index (χ2v) is 5.60. The molecule has 0 aliphatic rings. The molecule has 3 rings (SSSR count). The molecule has 26 heavy (non-hydrogen) atoms. The first-order valence-electron chi connectivity index (χ1n) is 7.82. The number of carboxylic acid groups (broad SMARTS) is 2. The van der Waals surface area contributed by atoms with Crippen LogP contribution in [0.3, 0.4) is 0 Å². The molecule has 0 bridgehead atoms. The van der Waals surface area contributed by atoms with E-state index in [0.29, 0.717) is 0 Å². The fraction of sp³-hybridized carbons (Fsp3) is 0. The minimum absolute atomic E-state index is 0.232. The molecular formula is C20H16N2O4. The van der Waals surface area contributed by atoms with E-state index in [1.54, 1.807) is 24.3 Å². The zero-order chi connectivity index (χ0) is 18.5. The van der Waals surface area contributed by atoms with Crippen LogP contribution in [0.1, 0.15) is 20.7 Å². The van der Waals surface area contributed by atoms with Gasteiger partial charge in [-0.05, 0) is 66.7 Å². The Bertz CT molecular complexity index is 860. The lowest BCUT2D eigenvalue weighted by atomic mass is 10.2. The van der Waals surface area contributed by atoms with Gasteiger partial charge in [0.05, 0.1) is 11.1 Å². The van der Waals surface area contributed by atoms with Crippen molar-refractivity contribution >= 4 is 34.7 Å². The molecule has 0 spiro atoms. The number of nitrogens with one attached hydrogen (secondary N) is 2. The van der Waals surface area contributed by atoms with Gasteiger partial charge in [-0.3, -0.25) is 0 Å². The van der Waals surface area contributed by atoms with E-state index in [0.717, 1.165) is 22.7 Å². The van der Waals surface area contributed by atoms with Crippen molar-refractivity contribution in [2.45, 2.75) is 0 Å². The first kappa shape index (κ1) is 17.0. The molecule has 0 aliphatic heterocycles. The van der Waals surface area contributed by atoms with Crippen molar-refractivity contribution < 1.29 is 19.8 Å². The van der Waals surface area contributed by atoms with Gasteiger partial charge in [-0.15, -0.1) is 0 Å². The predicted molar refractivity (Wildman–Crippen MR) is 99.8 cm³/mol. The van der Waals surface area contributed by atoms with E-state index >= 15 is 0 Å². The Morgan fingerprint density at radius 3 is 1.31 bits per heavy atom. The van der Waals surface area contributed by atoms with E-state index in [1.165, 1.54) is 24.3 Å². The topological polar surface area (TPSA) is 98.7 Å². The van der Waals surface area contributed by atoms with Gasteiger partial charge in [-0.2, -0.15) is 0 Å². The van der Waals surface area contributed by atoms with Gasteiger partial charge >= 0.3 is 11.9 Å². The SMILES string of the molecule is O=C(O)c1ccc(Nc2cccc(Nc3ccc(C(=O)O)cc3)c2)cc1. The molecule has 0 fully saturated rings. The monoisotopic (exact) mass is 348 g/mol. The molecular weight excluding hydrogens is 332 g/mol. The Hall–Kier alpha value is -3.80. The van der Waals surface area contributed by atoms with Crippen LogP contribution in [0.5, 0.6) is 0 Å². The van der Waals surface area contributed by atoms with E-state index in [2.05, 4.69) is 10.6 Å². The highest BCUT2D eigenvalue weighted by Gasteiger charge is 2.04. The molecule has 0 atom stereocenters. The summed E-state index contributed by atoms with van der Waals surface area (Å²) in [6.07, 6.45) is 0. The van der Waals surface area contributed by atoms with Crippen LogP contribution in [-0.2, 0) is 0 Å². The smallest absolute Gasteiger partial charge is 0.335 e. The molecule has 0 aliphatic carbocycles. The van der Waals surface area contributed by atoms with Crippen molar-refractivity contribution in [2.24, 2.45) is 0 Å². The molecule has 0 heterocycles. The maximum absolute atomic E-state index is 10.9. The maximum Gasteiger partial charge on any atom is 0.335 e. The average Bonchev–Trinajstić information content (AvgIpc) is 2.63. The fourth-order valence-corrected chi connectivity index (χ4v) is 2.40. The first-order valence-corrected chi connectivity index (χ1v) is 7.82. The summed E-state index contributed by atoms with van der Waals surface area (Å²) in [6, 6.07) is 20.5. The number of rotatable bonds is 6. The molecule has 0 saturated carbocycles. The maximum atomic E-state index is 10.9.